The van der Waals surface area contributed by atoms with Crippen molar-refractivity contribution in [1.82, 2.24) is 5.43 Å². The van der Waals surface area contributed by atoms with Gasteiger partial charge >= 0.3 is 0 Å². The highest BCUT2D eigenvalue weighted by atomic mass is 79.9. The topological polar surface area (TPSA) is 89.0 Å². The quantitative estimate of drug-likeness (QED) is 0.348. The largest absolute Gasteiger partial charge is 0.493 e. The van der Waals surface area contributed by atoms with E-state index in [2.05, 4.69) is 31.8 Å². The Morgan fingerprint density at radius 2 is 1.93 bits per heavy atom. The summed E-state index contributed by atoms with van der Waals surface area (Å²) in [5.74, 6) is 0.278. The van der Waals surface area contributed by atoms with Crippen LogP contribution in [0.4, 0.5) is 5.69 Å². The number of methoxy groups -OCH3 is 1. The van der Waals surface area contributed by atoms with Crippen molar-refractivity contribution in [3.05, 3.63) is 52.5 Å². The van der Waals surface area contributed by atoms with Crippen LogP contribution in [0.5, 0.6) is 11.5 Å². The van der Waals surface area contributed by atoms with Gasteiger partial charge in [-0.2, -0.15) is 5.10 Å². The Labute approximate surface area is 172 Å². The minimum Gasteiger partial charge on any atom is -0.493 e. The fourth-order valence-electron chi connectivity index (χ4n) is 2.22. The molecule has 0 bridgehead atoms. The van der Waals surface area contributed by atoms with Crippen molar-refractivity contribution in [2.45, 2.75) is 19.8 Å². The summed E-state index contributed by atoms with van der Waals surface area (Å²) < 4.78 is 11.6. The number of hydrogen-bond donors (Lipinski definition) is 2. The lowest BCUT2D eigenvalue weighted by molar-refractivity contribution is -0.126. The molecule has 0 radical (unpaired) electrons. The number of hydrazone groups is 1. The third-order valence-corrected chi connectivity index (χ3v) is 4.21. The predicted octanol–water partition coefficient (Wildman–Crippen LogP) is 3.73. The Morgan fingerprint density at radius 3 is 2.64 bits per heavy atom. The summed E-state index contributed by atoms with van der Waals surface area (Å²) in [6.07, 6.45) is 2.02. The van der Waals surface area contributed by atoms with Crippen molar-refractivity contribution in [3.8, 4) is 11.5 Å². The predicted molar refractivity (Wildman–Crippen MR) is 112 cm³/mol. The zero-order valence-electron chi connectivity index (χ0n) is 15.7. The molecule has 0 atom stereocenters. The van der Waals surface area contributed by atoms with Crippen LogP contribution in [0.2, 0.25) is 0 Å². The van der Waals surface area contributed by atoms with Crippen LogP contribution in [-0.4, -0.2) is 31.7 Å². The van der Waals surface area contributed by atoms with E-state index in [9.17, 15) is 9.59 Å². The first-order valence-corrected chi connectivity index (χ1v) is 9.50. The Hall–Kier alpha value is -2.87. The van der Waals surface area contributed by atoms with Gasteiger partial charge in [0.25, 0.3) is 0 Å². The number of para-hydroxylation sites is 1. The van der Waals surface area contributed by atoms with E-state index < -0.39 is 11.8 Å². The molecule has 2 aromatic rings. The first kappa shape index (κ1) is 21.4. The van der Waals surface area contributed by atoms with E-state index in [4.69, 9.17) is 9.47 Å². The minimum atomic E-state index is -0.518. The van der Waals surface area contributed by atoms with Crippen molar-refractivity contribution < 1.29 is 19.1 Å². The lowest BCUT2D eigenvalue weighted by atomic mass is 10.2. The lowest BCUT2D eigenvalue weighted by Crippen LogP contribution is -2.24. The third kappa shape index (κ3) is 6.70. The summed E-state index contributed by atoms with van der Waals surface area (Å²) in [6, 6.07) is 12.5. The Bertz CT molecular complexity index is 855. The summed E-state index contributed by atoms with van der Waals surface area (Å²) in [4.78, 5) is 23.8. The summed E-state index contributed by atoms with van der Waals surface area (Å²) in [5.41, 5.74) is 3.65. The van der Waals surface area contributed by atoms with Crippen molar-refractivity contribution in [2.24, 2.45) is 5.10 Å². The molecule has 0 aliphatic heterocycles. The molecule has 0 saturated heterocycles. The van der Waals surface area contributed by atoms with Gasteiger partial charge < -0.3 is 14.8 Å². The number of benzene rings is 2. The molecule has 2 N–H and O–H groups in total. The van der Waals surface area contributed by atoms with Gasteiger partial charge in [0.15, 0.2) is 11.5 Å². The average molecular weight is 448 g/mol. The van der Waals surface area contributed by atoms with Crippen molar-refractivity contribution in [3.63, 3.8) is 0 Å². The SMILES string of the molecule is CCCOc1ccc(C=NNC(=O)CC(=O)Nc2ccccc2Br)cc1OC. The van der Waals surface area contributed by atoms with Gasteiger partial charge in [-0.3, -0.25) is 9.59 Å². The second-order valence-electron chi connectivity index (χ2n) is 5.76. The van der Waals surface area contributed by atoms with E-state index >= 15 is 0 Å². The van der Waals surface area contributed by atoms with E-state index in [1.54, 1.807) is 43.5 Å². The first-order valence-electron chi connectivity index (χ1n) is 8.70. The van der Waals surface area contributed by atoms with Gasteiger partial charge in [0.1, 0.15) is 6.42 Å². The molecule has 148 valence electrons. The normalized spacial score (nSPS) is 10.5. The highest BCUT2D eigenvalue weighted by molar-refractivity contribution is 9.10. The maximum Gasteiger partial charge on any atom is 0.249 e. The molecular formula is C20H22BrN3O4. The fourth-order valence-corrected chi connectivity index (χ4v) is 2.60. The summed E-state index contributed by atoms with van der Waals surface area (Å²) in [7, 11) is 1.56. The van der Waals surface area contributed by atoms with Gasteiger partial charge in [-0.05, 0) is 58.2 Å². The van der Waals surface area contributed by atoms with Crippen LogP contribution in [0, 0.1) is 0 Å². The van der Waals surface area contributed by atoms with Crippen LogP contribution in [-0.2, 0) is 9.59 Å². The number of halogens is 1. The first-order chi connectivity index (χ1) is 13.5. The van der Waals surface area contributed by atoms with E-state index in [0.717, 1.165) is 16.5 Å². The standard InChI is InChI=1S/C20H22BrN3O4/c1-3-10-28-17-9-8-14(11-18(17)27-2)13-22-24-20(26)12-19(25)23-16-7-5-4-6-15(16)21/h4-9,11,13H,3,10,12H2,1-2H3,(H,23,25)(H,24,26). The van der Waals surface area contributed by atoms with Gasteiger partial charge in [0.2, 0.25) is 11.8 Å². The zero-order chi connectivity index (χ0) is 20.4. The van der Waals surface area contributed by atoms with Crippen LogP contribution in [0.25, 0.3) is 0 Å². The highest BCUT2D eigenvalue weighted by Crippen LogP contribution is 2.27. The number of amides is 2. The molecule has 2 aromatic carbocycles. The molecular weight excluding hydrogens is 426 g/mol. The number of ether oxygens (including phenoxy) is 2. The number of rotatable bonds is 9. The second-order valence-corrected chi connectivity index (χ2v) is 6.61. The Balaban J connectivity index is 1.87. The van der Waals surface area contributed by atoms with Crippen molar-refractivity contribution in [1.29, 1.82) is 0 Å². The van der Waals surface area contributed by atoms with Gasteiger partial charge in [0.05, 0.1) is 25.6 Å². The van der Waals surface area contributed by atoms with Crippen LogP contribution < -0.4 is 20.2 Å². The average Bonchev–Trinajstić information content (AvgIpc) is 2.68. The maximum atomic E-state index is 11.9. The molecule has 0 unspecified atom stereocenters. The van der Waals surface area contributed by atoms with Crippen LogP contribution >= 0.6 is 15.9 Å². The molecule has 7 nitrogen and oxygen atoms in total. The number of hydrogen-bond acceptors (Lipinski definition) is 5. The Kier molecular flexibility index (Phi) is 8.48. The van der Waals surface area contributed by atoms with Crippen LogP contribution in [0.1, 0.15) is 25.3 Å². The summed E-state index contributed by atoms with van der Waals surface area (Å²) >= 11 is 3.33. The second kappa shape index (κ2) is 11.1. The molecule has 0 fully saturated rings. The van der Waals surface area contributed by atoms with Gasteiger partial charge in [0, 0.05) is 4.47 Å². The Morgan fingerprint density at radius 1 is 1.14 bits per heavy atom. The molecule has 2 amide bonds. The van der Waals surface area contributed by atoms with E-state index in [-0.39, 0.29) is 6.42 Å². The molecule has 0 aliphatic rings. The molecule has 0 aliphatic carbocycles. The fraction of sp³-hybridized carbons (Fsp3) is 0.250. The number of nitrogens with zero attached hydrogens (tertiary/aromatic N) is 1. The number of carbonyl (C=O) groups excluding carboxylic acids is 2. The molecule has 0 spiro atoms. The number of carbonyl (C=O) groups is 2. The van der Waals surface area contributed by atoms with Crippen LogP contribution in [0.3, 0.4) is 0 Å². The third-order valence-electron chi connectivity index (χ3n) is 3.52. The molecule has 2 rings (SSSR count). The van der Waals surface area contributed by atoms with Gasteiger partial charge in [-0.15, -0.1) is 0 Å². The van der Waals surface area contributed by atoms with E-state index in [1.807, 2.05) is 13.0 Å². The molecule has 0 aromatic heterocycles. The molecule has 0 saturated carbocycles. The number of anilines is 1. The monoisotopic (exact) mass is 447 g/mol. The van der Waals surface area contributed by atoms with E-state index in [1.165, 1.54) is 6.21 Å². The van der Waals surface area contributed by atoms with Crippen molar-refractivity contribution in [2.75, 3.05) is 19.0 Å². The summed E-state index contributed by atoms with van der Waals surface area (Å²) in [6.45, 7) is 2.62. The van der Waals surface area contributed by atoms with Gasteiger partial charge in [-0.1, -0.05) is 19.1 Å². The molecule has 28 heavy (non-hydrogen) atoms. The zero-order valence-corrected chi connectivity index (χ0v) is 17.3. The van der Waals surface area contributed by atoms with E-state index in [0.29, 0.717) is 23.8 Å². The maximum absolute atomic E-state index is 11.9. The molecule has 0 heterocycles. The van der Waals surface area contributed by atoms with Crippen LogP contribution in [0.15, 0.2) is 52.0 Å². The highest BCUT2D eigenvalue weighted by Gasteiger charge is 2.10. The lowest BCUT2D eigenvalue weighted by Gasteiger charge is -2.10. The number of nitrogens with one attached hydrogen (secondary N) is 2. The minimum absolute atomic E-state index is 0.341. The van der Waals surface area contributed by atoms with Crippen molar-refractivity contribution >= 4 is 39.6 Å². The van der Waals surface area contributed by atoms with Gasteiger partial charge in [-0.25, -0.2) is 5.43 Å². The smallest absolute Gasteiger partial charge is 0.249 e. The molecule has 8 heteroatoms. The summed E-state index contributed by atoms with van der Waals surface area (Å²) in [5, 5.41) is 6.53.